The minimum Gasteiger partial charge on any atom is -0.489 e. The Kier molecular flexibility index (Phi) is 11.6. The fourth-order valence-electron chi connectivity index (χ4n) is 6.89. The molecule has 278 valence electrons. The van der Waals surface area contributed by atoms with E-state index in [1.54, 1.807) is 42.7 Å². The molecule has 0 unspecified atom stereocenters. The number of fused-ring (bicyclic) bond motifs is 3. The topological polar surface area (TPSA) is 100 Å². The fraction of sp³-hybridized carbons (Fsp3) is 0.375. The van der Waals surface area contributed by atoms with Gasteiger partial charge in [-0.15, -0.1) is 0 Å². The summed E-state index contributed by atoms with van der Waals surface area (Å²) in [7, 11) is 0. The zero-order valence-electron chi connectivity index (χ0n) is 28.8. The minimum absolute atomic E-state index is 0.0641. The van der Waals surface area contributed by atoms with Crippen LogP contribution in [0.4, 0.5) is 14.5 Å². The summed E-state index contributed by atoms with van der Waals surface area (Å²) < 4.78 is 49.5. The van der Waals surface area contributed by atoms with Crippen molar-refractivity contribution in [2.45, 2.75) is 57.0 Å². The number of aromatic amines is 1. The van der Waals surface area contributed by atoms with E-state index < -0.39 is 30.7 Å². The van der Waals surface area contributed by atoms with Crippen LogP contribution >= 0.6 is 23.2 Å². The van der Waals surface area contributed by atoms with E-state index in [2.05, 4.69) is 15.2 Å². The Morgan fingerprint density at radius 2 is 1.64 bits per heavy atom. The van der Waals surface area contributed by atoms with Gasteiger partial charge in [0.05, 0.1) is 12.2 Å². The highest BCUT2D eigenvalue weighted by molar-refractivity contribution is 6.35. The number of anilines is 1. The predicted molar refractivity (Wildman–Crippen MR) is 194 cm³/mol. The number of H-pyrrole nitrogens is 1. The van der Waals surface area contributed by atoms with Crippen molar-refractivity contribution in [2.75, 3.05) is 31.6 Å². The number of nitrogens with zero attached hydrogens (tertiary/aromatic N) is 1. The third-order valence-electron chi connectivity index (χ3n) is 10.0. The van der Waals surface area contributed by atoms with Crippen molar-refractivity contribution in [1.29, 1.82) is 0 Å². The number of carbonyl (C=O) groups excluding carboxylic acids is 2. The largest absolute Gasteiger partial charge is 0.489 e. The second-order valence-corrected chi connectivity index (χ2v) is 14.6. The van der Waals surface area contributed by atoms with Gasteiger partial charge in [-0.05, 0) is 92.1 Å². The maximum absolute atomic E-state index is 13.9. The van der Waals surface area contributed by atoms with E-state index in [0.29, 0.717) is 45.3 Å². The van der Waals surface area contributed by atoms with Crippen molar-refractivity contribution < 1.29 is 42.3 Å². The van der Waals surface area contributed by atoms with Crippen LogP contribution in [0.25, 0.3) is 0 Å². The molecule has 4 heterocycles. The highest BCUT2D eigenvalue weighted by atomic mass is 35.5. The zero-order chi connectivity index (χ0) is 36.9. The van der Waals surface area contributed by atoms with E-state index in [4.69, 9.17) is 42.1 Å². The molecule has 0 radical (unpaired) electrons. The van der Waals surface area contributed by atoms with E-state index in [0.717, 1.165) is 50.9 Å². The molecule has 0 spiro atoms. The molecule has 4 aromatic rings. The molecule has 3 atom stereocenters. The number of nitrogens with one attached hydrogen (secondary N) is 2. The Labute approximate surface area is 316 Å². The molecule has 3 saturated heterocycles. The molecule has 1 saturated carbocycles. The molecule has 3 aliphatic heterocycles. The van der Waals surface area contributed by atoms with Gasteiger partial charge in [0.15, 0.2) is 29.9 Å². The van der Waals surface area contributed by atoms with Crippen molar-refractivity contribution in [2.24, 2.45) is 11.8 Å². The minimum atomic E-state index is -3.06. The summed E-state index contributed by atoms with van der Waals surface area (Å²) >= 11 is 13.0. The molecule has 2 bridgehead atoms. The van der Waals surface area contributed by atoms with Crippen LogP contribution in [0.2, 0.25) is 10.0 Å². The number of benzene rings is 3. The first-order valence-corrected chi connectivity index (χ1v) is 18.6. The maximum Gasteiger partial charge on any atom is 0.387 e. The van der Waals surface area contributed by atoms with E-state index >= 15 is 0 Å². The molecule has 3 aromatic carbocycles. The maximum atomic E-state index is 13.9. The van der Waals surface area contributed by atoms with Gasteiger partial charge in [-0.1, -0.05) is 65.7 Å². The lowest BCUT2D eigenvalue weighted by Crippen LogP contribution is -2.52. The van der Waals surface area contributed by atoms with Crippen molar-refractivity contribution in [3.05, 3.63) is 117 Å². The Bertz CT molecular complexity index is 1890. The number of piperidine rings is 3. The van der Waals surface area contributed by atoms with Crippen LogP contribution in [0, 0.1) is 11.8 Å². The molecule has 4 aliphatic rings. The number of ether oxygens (including phenoxy) is 4. The first-order chi connectivity index (χ1) is 25.7. The van der Waals surface area contributed by atoms with Gasteiger partial charge in [0.2, 0.25) is 0 Å². The summed E-state index contributed by atoms with van der Waals surface area (Å²) in [4.78, 5) is 32.9. The van der Waals surface area contributed by atoms with Crippen LogP contribution in [0.1, 0.15) is 64.9 Å². The number of carbonyl (C=O) groups is 2. The quantitative estimate of drug-likeness (QED) is 0.121. The lowest BCUT2D eigenvalue weighted by atomic mass is 9.86. The lowest BCUT2D eigenvalue weighted by molar-refractivity contribution is -0.377. The van der Waals surface area contributed by atoms with Crippen LogP contribution < -0.4 is 19.8 Å². The van der Waals surface area contributed by atoms with Gasteiger partial charge in [-0.2, -0.15) is 8.78 Å². The van der Waals surface area contributed by atoms with E-state index in [1.807, 2.05) is 30.3 Å². The number of esters is 2. The number of aromatic nitrogens is 1. The second-order valence-electron chi connectivity index (χ2n) is 13.7. The molecule has 0 amide bonds. The van der Waals surface area contributed by atoms with Gasteiger partial charge in [0, 0.05) is 24.2 Å². The average molecular weight is 768 g/mol. The Morgan fingerprint density at radius 1 is 0.887 bits per heavy atom. The molecule has 13 heteroatoms. The van der Waals surface area contributed by atoms with Crippen LogP contribution in [-0.2, 0) is 20.7 Å². The summed E-state index contributed by atoms with van der Waals surface area (Å²) in [6.07, 6.45) is 6.06. The zero-order valence-corrected chi connectivity index (χ0v) is 30.3. The molecule has 4 fully saturated rings. The fourth-order valence-corrected chi connectivity index (χ4v) is 7.43. The van der Waals surface area contributed by atoms with Gasteiger partial charge < -0.3 is 24.3 Å². The molecule has 53 heavy (non-hydrogen) atoms. The monoisotopic (exact) mass is 766 g/mol. The number of hydrogen-bond acceptors (Lipinski definition) is 8. The first-order valence-electron chi connectivity index (χ1n) is 17.8. The van der Waals surface area contributed by atoms with Gasteiger partial charge in [0.1, 0.15) is 22.3 Å². The van der Waals surface area contributed by atoms with E-state index in [1.165, 1.54) is 12.1 Å². The number of halogens is 4. The summed E-state index contributed by atoms with van der Waals surface area (Å²) in [5, 5.41) is 3.94. The standard InChI is InChI=1S/C40H39Cl2F2N3O6/c41-31-20-45-21-32(42)30(31)19-34(27-11-12-33(53-40(43)44)35(18-27)50-23-24-9-10-24)51-38(48)28-7-4-8-29(17-28)46-37(26-5-2-1-3-6-26)39(49)52-36-22-47-15-13-25(36)14-16-47/h1-8,11-12,17-18,20-21,24-25,34,36-37,40,46H,9-10,13-16,19,22-23H2/p+1/t34-,36-,37+/m0/s1. The molecule has 1 aliphatic carbocycles. The number of alkyl halides is 2. The summed E-state index contributed by atoms with van der Waals surface area (Å²) in [5.41, 5.74) is 2.41. The van der Waals surface area contributed by atoms with Crippen LogP contribution in [0.5, 0.6) is 11.5 Å². The summed E-state index contributed by atoms with van der Waals surface area (Å²) in [5.74, 6) is -0.395. The average Bonchev–Trinajstić information content (AvgIpc) is 4.00. The summed E-state index contributed by atoms with van der Waals surface area (Å²) in [6.45, 7) is 0.0760. The SMILES string of the molecule is O=C(O[C@@H](Cc1c(Cl)c[nH+]cc1Cl)c1ccc(OC(F)F)c(OCC2CC2)c1)c1cccc(N[C@@H](C(=O)O[C@H]2CN3CCC2CC3)c2ccccc2)c1. The third-order valence-corrected chi connectivity index (χ3v) is 10.7. The molecule has 9 nitrogen and oxygen atoms in total. The van der Waals surface area contributed by atoms with Crippen LogP contribution in [-0.4, -0.2) is 55.8 Å². The highest BCUT2D eigenvalue weighted by Gasteiger charge is 2.38. The third kappa shape index (κ3) is 9.38. The molecular weight excluding hydrogens is 727 g/mol. The van der Waals surface area contributed by atoms with E-state index in [-0.39, 0.29) is 29.6 Å². The lowest BCUT2D eigenvalue weighted by Gasteiger charge is -2.44. The van der Waals surface area contributed by atoms with Gasteiger partial charge in [0.25, 0.3) is 0 Å². The highest BCUT2D eigenvalue weighted by Crippen LogP contribution is 2.38. The van der Waals surface area contributed by atoms with Crippen LogP contribution in [0.3, 0.4) is 0 Å². The van der Waals surface area contributed by atoms with Crippen molar-refractivity contribution in [1.82, 2.24) is 4.90 Å². The molecule has 2 N–H and O–H groups in total. The second kappa shape index (κ2) is 16.7. The molecule has 8 rings (SSSR count). The number of pyridine rings is 1. The first kappa shape index (κ1) is 36.9. The Hall–Kier alpha value is -4.45. The number of hydrogen-bond donors (Lipinski definition) is 1. The van der Waals surface area contributed by atoms with Crippen molar-refractivity contribution in [3.8, 4) is 11.5 Å². The number of rotatable bonds is 15. The van der Waals surface area contributed by atoms with Gasteiger partial charge >= 0.3 is 18.6 Å². The van der Waals surface area contributed by atoms with Gasteiger partial charge in [-0.25, -0.2) is 14.6 Å². The molecule has 1 aromatic heterocycles. The van der Waals surface area contributed by atoms with Crippen molar-refractivity contribution in [3.63, 3.8) is 0 Å². The normalized spacial score (nSPS) is 20.4. The van der Waals surface area contributed by atoms with E-state index in [9.17, 15) is 18.4 Å². The summed E-state index contributed by atoms with van der Waals surface area (Å²) in [6, 6.07) is 19.6. The van der Waals surface area contributed by atoms with Crippen molar-refractivity contribution >= 4 is 40.8 Å². The van der Waals surface area contributed by atoms with Gasteiger partial charge in [-0.3, -0.25) is 4.90 Å². The predicted octanol–water partition coefficient (Wildman–Crippen LogP) is 8.13. The Balaban J connectivity index is 1.13. The smallest absolute Gasteiger partial charge is 0.387 e. The van der Waals surface area contributed by atoms with Crippen LogP contribution in [0.15, 0.2) is 85.2 Å². The molecular formula is C40H40Cl2F2N3O6+. The Morgan fingerprint density at radius 3 is 2.32 bits per heavy atom.